The van der Waals surface area contributed by atoms with Crippen LogP contribution in [0.5, 0.6) is 0 Å². The standard InChI is InChI=1S/C7H11N3/c1-10-6-5-9-7(10)3-2-4-8/h2-3,5-6H,4,8H2,1H3. The summed E-state index contributed by atoms with van der Waals surface area (Å²) in [6.07, 6.45) is 7.44. The molecule has 0 fully saturated rings. The molecule has 0 saturated carbocycles. The molecule has 0 aliphatic heterocycles. The topological polar surface area (TPSA) is 43.8 Å². The minimum Gasteiger partial charge on any atom is -0.335 e. The predicted molar refractivity (Wildman–Crippen MR) is 41.3 cm³/mol. The highest BCUT2D eigenvalue weighted by atomic mass is 15.0. The van der Waals surface area contributed by atoms with Gasteiger partial charge in [-0.25, -0.2) is 4.98 Å². The molecule has 0 bridgehead atoms. The van der Waals surface area contributed by atoms with E-state index in [9.17, 15) is 0 Å². The normalized spacial score (nSPS) is 11.0. The van der Waals surface area contributed by atoms with E-state index in [2.05, 4.69) is 4.98 Å². The summed E-state index contributed by atoms with van der Waals surface area (Å²) in [6.45, 7) is 0.562. The SMILES string of the molecule is Cn1ccnc1C=CCN. The molecule has 1 heterocycles. The third kappa shape index (κ3) is 1.45. The van der Waals surface area contributed by atoms with Crippen molar-refractivity contribution in [2.24, 2.45) is 12.8 Å². The van der Waals surface area contributed by atoms with Crippen LogP contribution in [0.3, 0.4) is 0 Å². The van der Waals surface area contributed by atoms with Crippen LogP contribution < -0.4 is 5.73 Å². The number of aryl methyl sites for hydroxylation is 1. The Labute approximate surface area is 60.2 Å². The number of nitrogens with two attached hydrogens (primary N) is 1. The highest BCUT2D eigenvalue weighted by molar-refractivity contribution is 5.40. The lowest BCUT2D eigenvalue weighted by atomic mass is 10.5. The van der Waals surface area contributed by atoms with Crippen LogP contribution in [0.15, 0.2) is 18.5 Å². The minimum absolute atomic E-state index is 0.562. The molecule has 10 heavy (non-hydrogen) atoms. The monoisotopic (exact) mass is 137 g/mol. The summed E-state index contributed by atoms with van der Waals surface area (Å²) in [5.74, 6) is 0.936. The first-order chi connectivity index (χ1) is 4.84. The molecule has 0 aliphatic rings. The predicted octanol–water partition coefficient (Wildman–Crippen LogP) is 0.392. The van der Waals surface area contributed by atoms with Gasteiger partial charge in [-0.3, -0.25) is 0 Å². The Morgan fingerprint density at radius 2 is 2.60 bits per heavy atom. The van der Waals surface area contributed by atoms with Crippen molar-refractivity contribution in [3.8, 4) is 0 Å². The number of nitrogens with zero attached hydrogens (tertiary/aromatic N) is 2. The van der Waals surface area contributed by atoms with Crippen molar-refractivity contribution in [3.05, 3.63) is 24.3 Å². The van der Waals surface area contributed by atoms with E-state index in [0.29, 0.717) is 6.54 Å². The summed E-state index contributed by atoms with van der Waals surface area (Å²) in [5, 5.41) is 0. The summed E-state index contributed by atoms with van der Waals surface area (Å²) < 4.78 is 1.94. The molecule has 1 aromatic rings. The summed E-state index contributed by atoms with van der Waals surface area (Å²) in [4.78, 5) is 4.07. The lowest BCUT2D eigenvalue weighted by Crippen LogP contribution is -1.94. The fourth-order valence-corrected chi connectivity index (χ4v) is 0.711. The van der Waals surface area contributed by atoms with Gasteiger partial charge in [0.25, 0.3) is 0 Å². The van der Waals surface area contributed by atoms with Crippen LogP contribution in [-0.2, 0) is 7.05 Å². The Hall–Kier alpha value is -1.09. The first kappa shape index (κ1) is 7.02. The second-order valence-electron chi connectivity index (χ2n) is 2.03. The highest BCUT2D eigenvalue weighted by Crippen LogP contribution is 1.95. The van der Waals surface area contributed by atoms with Gasteiger partial charge in [0.05, 0.1) is 0 Å². The molecule has 0 unspecified atom stereocenters. The number of hydrogen-bond acceptors (Lipinski definition) is 2. The molecular weight excluding hydrogens is 126 g/mol. The first-order valence-electron chi connectivity index (χ1n) is 3.18. The molecule has 0 spiro atoms. The lowest BCUT2D eigenvalue weighted by molar-refractivity contribution is 0.897. The average Bonchev–Trinajstić information content (AvgIpc) is 2.31. The minimum atomic E-state index is 0.562. The molecule has 1 rings (SSSR count). The molecule has 0 radical (unpaired) electrons. The van der Waals surface area contributed by atoms with Crippen molar-refractivity contribution >= 4 is 6.08 Å². The van der Waals surface area contributed by atoms with E-state index >= 15 is 0 Å². The van der Waals surface area contributed by atoms with E-state index in [1.54, 1.807) is 6.20 Å². The van der Waals surface area contributed by atoms with E-state index < -0.39 is 0 Å². The van der Waals surface area contributed by atoms with Crippen LogP contribution in [-0.4, -0.2) is 16.1 Å². The summed E-state index contributed by atoms with van der Waals surface area (Å²) in [6, 6.07) is 0. The zero-order chi connectivity index (χ0) is 7.40. The van der Waals surface area contributed by atoms with Crippen molar-refractivity contribution in [1.29, 1.82) is 0 Å². The number of rotatable bonds is 2. The zero-order valence-electron chi connectivity index (χ0n) is 5.99. The van der Waals surface area contributed by atoms with Crippen LogP contribution in [0, 0.1) is 0 Å². The third-order valence-corrected chi connectivity index (χ3v) is 1.26. The Morgan fingerprint density at radius 3 is 3.10 bits per heavy atom. The molecule has 3 nitrogen and oxygen atoms in total. The lowest BCUT2D eigenvalue weighted by Gasteiger charge is -1.91. The van der Waals surface area contributed by atoms with E-state index in [1.165, 1.54) is 0 Å². The smallest absolute Gasteiger partial charge is 0.132 e. The Bertz CT molecular complexity index is 225. The molecule has 1 aromatic heterocycles. The molecule has 3 heteroatoms. The van der Waals surface area contributed by atoms with E-state index in [1.807, 2.05) is 30.0 Å². The van der Waals surface area contributed by atoms with Gasteiger partial charge < -0.3 is 10.3 Å². The molecular formula is C7H11N3. The van der Waals surface area contributed by atoms with Crippen LogP contribution in [0.25, 0.3) is 6.08 Å². The van der Waals surface area contributed by atoms with Crippen molar-refractivity contribution in [3.63, 3.8) is 0 Å². The van der Waals surface area contributed by atoms with E-state index in [4.69, 9.17) is 5.73 Å². The Kier molecular flexibility index (Phi) is 2.23. The van der Waals surface area contributed by atoms with Gasteiger partial charge in [-0.1, -0.05) is 6.08 Å². The number of imidazole rings is 1. The van der Waals surface area contributed by atoms with Gasteiger partial charge in [0.15, 0.2) is 0 Å². The van der Waals surface area contributed by atoms with Gasteiger partial charge in [0.2, 0.25) is 0 Å². The summed E-state index contributed by atoms with van der Waals surface area (Å²) in [7, 11) is 1.95. The van der Waals surface area contributed by atoms with Crippen LogP contribution >= 0.6 is 0 Å². The largest absolute Gasteiger partial charge is 0.335 e. The Morgan fingerprint density at radius 1 is 1.80 bits per heavy atom. The Balaban J connectivity index is 2.74. The quantitative estimate of drug-likeness (QED) is 0.641. The van der Waals surface area contributed by atoms with Crippen molar-refractivity contribution in [2.45, 2.75) is 0 Å². The van der Waals surface area contributed by atoms with Crippen molar-refractivity contribution in [1.82, 2.24) is 9.55 Å². The first-order valence-corrected chi connectivity index (χ1v) is 3.18. The maximum atomic E-state index is 5.27. The third-order valence-electron chi connectivity index (χ3n) is 1.26. The van der Waals surface area contributed by atoms with E-state index in [-0.39, 0.29) is 0 Å². The molecule has 0 aromatic carbocycles. The van der Waals surface area contributed by atoms with Crippen LogP contribution in [0.1, 0.15) is 5.82 Å². The molecule has 0 atom stereocenters. The van der Waals surface area contributed by atoms with Crippen molar-refractivity contribution in [2.75, 3.05) is 6.54 Å². The van der Waals surface area contributed by atoms with Gasteiger partial charge in [-0.15, -0.1) is 0 Å². The molecule has 2 N–H and O–H groups in total. The molecule has 0 amide bonds. The summed E-state index contributed by atoms with van der Waals surface area (Å²) in [5.41, 5.74) is 5.27. The fourth-order valence-electron chi connectivity index (χ4n) is 0.711. The molecule has 54 valence electrons. The maximum absolute atomic E-state index is 5.27. The van der Waals surface area contributed by atoms with Gasteiger partial charge in [0.1, 0.15) is 5.82 Å². The molecule has 0 aliphatic carbocycles. The van der Waals surface area contributed by atoms with E-state index in [0.717, 1.165) is 5.82 Å². The van der Waals surface area contributed by atoms with Gasteiger partial charge in [-0.2, -0.15) is 0 Å². The second kappa shape index (κ2) is 3.17. The number of hydrogen-bond donors (Lipinski definition) is 1. The van der Waals surface area contributed by atoms with Gasteiger partial charge in [0, 0.05) is 26.0 Å². The average molecular weight is 137 g/mol. The maximum Gasteiger partial charge on any atom is 0.132 e. The second-order valence-corrected chi connectivity index (χ2v) is 2.03. The van der Waals surface area contributed by atoms with Gasteiger partial charge in [-0.05, 0) is 6.08 Å². The van der Waals surface area contributed by atoms with Crippen LogP contribution in [0.2, 0.25) is 0 Å². The fraction of sp³-hybridized carbons (Fsp3) is 0.286. The highest BCUT2D eigenvalue weighted by Gasteiger charge is 1.89. The number of aromatic nitrogens is 2. The van der Waals surface area contributed by atoms with Crippen LogP contribution in [0.4, 0.5) is 0 Å². The molecule has 0 saturated heterocycles. The van der Waals surface area contributed by atoms with Crippen molar-refractivity contribution < 1.29 is 0 Å². The zero-order valence-corrected chi connectivity index (χ0v) is 5.99. The van der Waals surface area contributed by atoms with Gasteiger partial charge >= 0.3 is 0 Å². The summed E-state index contributed by atoms with van der Waals surface area (Å²) >= 11 is 0.